The van der Waals surface area contributed by atoms with Crippen LogP contribution in [0.4, 0.5) is 0 Å². The molecule has 0 bridgehead atoms. The SMILES string of the molecule is c1ccc(-c2nc(-c3cccc(-c4cccc(-c5ccc6oc7ccccc7c6c5)c4)c3)nc(-c3ccccc3-c3ccccc3)n2)cc1. The van der Waals surface area contributed by atoms with Crippen molar-refractivity contribution in [3.8, 4) is 67.5 Å². The summed E-state index contributed by atoms with van der Waals surface area (Å²) in [7, 11) is 0. The number of fused-ring (bicyclic) bond motifs is 3. The predicted molar refractivity (Wildman–Crippen MR) is 200 cm³/mol. The molecular formula is C45H29N3O. The minimum absolute atomic E-state index is 0.627. The van der Waals surface area contributed by atoms with Gasteiger partial charge in [0.05, 0.1) is 0 Å². The zero-order chi connectivity index (χ0) is 32.6. The van der Waals surface area contributed by atoms with Gasteiger partial charge in [-0.25, -0.2) is 15.0 Å². The molecule has 4 heteroatoms. The third kappa shape index (κ3) is 5.45. The summed E-state index contributed by atoms with van der Waals surface area (Å²) in [6, 6.07) is 60.5. The maximum absolute atomic E-state index is 6.08. The van der Waals surface area contributed by atoms with Gasteiger partial charge in [-0.1, -0.05) is 146 Å². The summed E-state index contributed by atoms with van der Waals surface area (Å²) in [4.78, 5) is 15.1. The number of aromatic nitrogens is 3. The van der Waals surface area contributed by atoms with Crippen LogP contribution in [0.3, 0.4) is 0 Å². The van der Waals surface area contributed by atoms with Crippen molar-refractivity contribution in [3.05, 3.63) is 176 Å². The normalized spacial score (nSPS) is 11.3. The van der Waals surface area contributed by atoms with Crippen LogP contribution in [0, 0.1) is 0 Å². The Bertz CT molecular complexity index is 2610. The molecule has 0 saturated heterocycles. The smallest absolute Gasteiger partial charge is 0.164 e. The quantitative estimate of drug-likeness (QED) is 0.184. The second-order valence-corrected chi connectivity index (χ2v) is 12.1. The average molecular weight is 628 g/mol. The molecule has 2 heterocycles. The van der Waals surface area contributed by atoms with Crippen molar-refractivity contribution in [1.29, 1.82) is 0 Å². The van der Waals surface area contributed by atoms with Crippen LogP contribution in [-0.4, -0.2) is 15.0 Å². The summed E-state index contributed by atoms with van der Waals surface area (Å²) in [5, 5.41) is 2.25. The van der Waals surface area contributed by atoms with E-state index in [-0.39, 0.29) is 0 Å². The summed E-state index contributed by atoms with van der Waals surface area (Å²) < 4.78 is 6.08. The average Bonchev–Trinajstić information content (AvgIpc) is 3.56. The van der Waals surface area contributed by atoms with Crippen LogP contribution in [0.1, 0.15) is 0 Å². The van der Waals surface area contributed by atoms with Crippen molar-refractivity contribution in [2.45, 2.75) is 0 Å². The monoisotopic (exact) mass is 627 g/mol. The molecule has 0 aliphatic carbocycles. The molecule has 230 valence electrons. The highest BCUT2D eigenvalue weighted by atomic mass is 16.3. The summed E-state index contributed by atoms with van der Waals surface area (Å²) in [5.74, 6) is 1.90. The molecule has 0 amide bonds. The van der Waals surface area contributed by atoms with Gasteiger partial charge in [0.25, 0.3) is 0 Å². The number of rotatable bonds is 6. The lowest BCUT2D eigenvalue weighted by atomic mass is 9.97. The fraction of sp³-hybridized carbons (Fsp3) is 0. The van der Waals surface area contributed by atoms with E-state index < -0.39 is 0 Å². The Morgan fingerprint density at radius 1 is 0.286 bits per heavy atom. The van der Waals surface area contributed by atoms with Crippen LogP contribution in [-0.2, 0) is 0 Å². The van der Waals surface area contributed by atoms with Gasteiger partial charge in [-0.15, -0.1) is 0 Å². The largest absolute Gasteiger partial charge is 0.456 e. The lowest BCUT2D eigenvalue weighted by Crippen LogP contribution is -2.01. The molecule has 0 unspecified atom stereocenters. The number of furan rings is 1. The third-order valence-corrected chi connectivity index (χ3v) is 8.95. The molecule has 49 heavy (non-hydrogen) atoms. The molecule has 0 N–H and O–H groups in total. The Morgan fingerprint density at radius 2 is 0.776 bits per heavy atom. The van der Waals surface area contributed by atoms with Crippen LogP contribution in [0.25, 0.3) is 89.5 Å². The number of benzene rings is 7. The van der Waals surface area contributed by atoms with Crippen molar-refractivity contribution >= 4 is 21.9 Å². The molecule has 7 aromatic carbocycles. The number of nitrogens with zero attached hydrogens (tertiary/aromatic N) is 3. The van der Waals surface area contributed by atoms with Gasteiger partial charge in [-0.05, 0) is 63.7 Å². The minimum Gasteiger partial charge on any atom is -0.456 e. The van der Waals surface area contributed by atoms with E-state index in [1.807, 2.05) is 54.6 Å². The van der Waals surface area contributed by atoms with E-state index in [1.54, 1.807) is 0 Å². The molecule has 2 aromatic heterocycles. The van der Waals surface area contributed by atoms with E-state index in [2.05, 4.69) is 121 Å². The zero-order valence-electron chi connectivity index (χ0n) is 26.5. The second kappa shape index (κ2) is 12.2. The van der Waals surface area contributed by atoms with Crippen LogP contribution in [0.2, 0.25) is 0 Å². The van der Waals surface area contributed by atoms with Crippen LogP contribution >= 0.6 is 0 Å². The van der Waals surface area contributed by atoms with E-state index in [1.165, 1.54) is 0 Å². The third-order valence-electron chi connectivity index (χ3n) is 8.95. The van der Waals surface area contributed by atoms with Gasteiger partial charge < -0.3 is 4.42 Å². The minimum atomic E-state index is 0.627. The first-order valence-corrected chi connectivity index (χ1v) is 16.4. The van der Waals surface area contributed by atoms with Crippen LogP contribution in [0.15, 0.2) is 180 Å². The van der Waals surface area contributed by atoms with Gasteiger partial charge in [0.2, 0.25) is 0 Å². The van der Waals surface area contributed by atoms with Gasteiger partial charge in [0, 0.05) is 27.5 Å². The summed E-state index contributed by atoms with van der Waals surface area (Å²) >= 11 is 0. The molecule has 0 fully saturated rings. The fourth-order valence-electron chi connectivity index (χ4n) is 6.51. The summed E-state index contributed by atoms with van der Waals surface area (Å²) in [6.07, 6.45) is 0. The van der Waals surface area contributed by atoms with Crippen molar-refractivity contribution in [1.82, 2.24) is 15.0 Å². The molecule has 0 atom stereocenters. The highest BCUT2D eigenvalue weighted by Crippen LogP contribution is 2.36. The van der Waals surface area contributed by atoms with Crippen molar-refractivity contribution in [2.75, 3.05) is 0 Å². The van der Waals surface area contributed by atoms with Crippen molar-refractivity contribution in [2.24, 2.45) is 0 Å². The summed E-state index contributed by atoms with van der Waals surface area (Å²) in [6.45, 7) is 0. The number of hydrogen-bond acceptors (Lipinski definition) is 4. The lowest BCUT2D eigenvalue weighted by molar-refractivity contribution is 0.669. The van der Waals surface area contributed by atoms with E-state index in [0.29, 0.717) is 17.5 Å². The lowest BCUT2D eigenvalue weighted by Gasteiger charge is -2.12. The van der Waals surface area contributed by atoms with E-state index in [0.717, 1.165) is 72.0 Å². The van der Waals surface area contributed by atoms with Gasteiger partial charge in [0.1, 0.15) is 11.2 Å². The molecule has 0 saturated carbocycles. The standard InChI is InChI=1S/C45H29N3O/c1-3-13-30(14-4-1)37-21-7-8-23-39(37)45-47-43(31-15-5-2-6-16-31)46-44(48-45)36-20-12-19-34(28-36)32-17-11-18-33(27-32)35-25-26-42-40(29-35)38-22-9-10-24-41(38)49-42/h1-29H. The van der Waals surface area contributed by atoms with Gasteiger partial charge in [-0.2, -0.15) is 0 Å². The molecule has 4 nitrogen and oxygen atoms in total. The Labute approximate surface area is 284 Å². The predicted octanol–water partition coefficient (Wildman–Crippen LogP) is 11.8. The molecule has 0 aliphatic heterocycles. The molecule has 0 aliphatic rings. The van der Waals surface area contributed by atoms with Gasteiger partial charge in [0.15, 0.2) is 17.5 Å². The van der Waals surface area contributed by atoms with Crippen LogP contribution < -0.4 is 0 Å². The number of para-hydroxylation sites is 1. The van der Waals surface area contributed by atoms with Crippen LogP contribution in [0.5, 0.6) is 0 Å². The highest BCUT2D eigenvalue weighted by molar-refractivity contribution is 6.06. The van der Waals surface area contributed by atoms with Crippen molar-refractivity contribution in [3.63, 3.8) is 0 Å². The number of hydrogen-bond donors (Lipinski definition) is 0. The first-order chi connectivity index (χ1) is 24.3. The molecular weight excluding hydrogens is 599 g/mol. The molecule has 0 spiro atoms. The molecule has 9 aromatic rings. The van der Waals surface area contributed by atoms with Gasteiger partial charge in [-0.3, -0.25) is 0 Å². The van der Waals surface area contributed by atoms with E-state index >= 15 is 0 Å². The van der Waals surface area contributed by atoms with E-state index in [4.69, 9.17) is 19.4 Å². The van der Waals surface area contributed by atoms with Gasteiger partial charge >= 0.3 is 0 Å². The summed E-state index contributed by atoms with van der Waals surface area (Å²) in [5.41, 5.74) is 11.3. The fourth-order valence-corrected chi connectivity index (χ4v) is 6.51. The first kappa shape index (κ1) is 28.6. The highest BCUT2D eigenvalue weighted by Gasteiger charge is 2.16. The Hall–Kier alpha value is -6.65. The second-order valence-electron chi connectivity index (χ2n) is 12.1. The Morgan fingerprint density at radius 3 is 1.51 bits per heavy atom. The maximum atomic E-state index is 6.08. The topological polar surface area (TPSA) is 51.8 Å². The Balaban J connectivity index is 1.14. The Kier molecular flexibility index (Phi) is 7.10. The zero-order valence-corrected chi connectivity index (χ0v) is 26.5. The maximum Gasteiger partial charge on any atom is 0.164 e. The van der Waals surface area contributed by atoms with Crippen molar-refractivity contribution < 1.29 is 4.42 Å². The molecule has 0 radical (unpaired) electrons. The first-order valence-electron chi connectivity index (χ1n) is 16.4. The van der Waals surface area contributed by atoms with E-state index in [9.17, 15) is 0 Å². The molecule has 9 rings (SSSR count).